The second-order valence-electron chi connectivity index (χ2n) is 4.93. The largest absolute Gasteiger partial charge is 0.465 e. The molecule has 0 saturated carbocycles. The summed E-state index contributed by atoms with van der Waals surface area (Å²) in [7, 11) is 1.11. The highest BCUT2D eigenvalue weighted by Crippen LogP contribution is 2.40. The number of hydrogen-bond donors (Lipinski definition) is 1. The number of alkyl halides is 3. The van der Waals surface area contributed by atoms with Gasteiger partial charge in [0.1, 0.15) is 0 Å². The molecule has 0 aromatic heterocycles. The van der Waals surface area contributed by atoms with Gasteiger partial charge >= 0.3 is 18.2 Å². The first-order chi connectivity index (χ1) is 10.7. The Morgan fingerprint density at radius 1 is 1.35 bits per heavy atom. The van der Waals surface area contributed by atoms with E-state index in [9.17, 15) is 27.9 Å². The van der Waals surface area contributed by atoms with Crippen LogP contribution in [0.5, 0.6) is 0 Å². The zero-order valence-electron chi connectivity index (χ0n) is 12.3. The predicted molar refractivity (Wildman–Crippen MR) is 76.0 cm³/mol. The monoisotopic (exact) mass is 329 g/mol. The topological polar surface area (TPSA) is 66.8 Å². The maximum Gasteiger partial charge on any atom is 0.416 e. The van der Waals surface area contributed by atoms with Gasteiger partial charge < -0.3 is 9.84 Å². The number of ether oxygens (including phenoxy) is 1. The van der Waals surface area contributed by atoms with Crippen LogP contribution in [0.3, 0.4) is 0 Å². The molecular formula is C15H14F3NO4. The third-order valence-electron chi connectivity index (χ3n) is 3.59. The standard InChI is InChI=1S/C15H14F3NO4/c1-3-9-7-11(13(20)23-2)10-6-8(15(16,17)18)4-5-12(10)19(9)14(21)22/h4-7,9H,3H2,1-2H3,(H,21,22)/t9-/m1/s1. The van der Waals surface area contributed by atoms with Gasteiger partial charge in [-0.05, 0) is 30.7 Å². The number of methoxy groups -OCH3 is 1. The molecule has 5 nitrogen and oxygen atoms in total. The van der Waals surface area contributed by atoms with Crippen LogP contribution >= 0.6 is 0 Å². The Hall–Kier alpha value is -2.51. The zero-order chi connectivity index (χ0) is 17.4. The van der Waals surface area contributed by atoms with E-state index < -0.39 is 29.8 Å². The number of nitrogens with zero attached hydrogens (tertiary/aromatic N) is 1. The fourth-order valence-corrected chi connectivity index (χ4v) is 2.51. The number of amides is 1. The van der Waals surface area contributed by atoms with Gasteiger partial charge in [-0.3, -0.25) is 4.90 Å². The Morgan fingerprint density at radius 3 is 2.48 bits per heavy atom. The molecule has 1 atom stereocenters. The van der Waals surface area contributed by atoms with E-state index >= 15 is 0 Å². The molecule has 1 heterocycles. The van der Waals surface area contributed by atoms with E-state index in [-0.39, 0.29) is 16.8 Å². The van der Waals surface area contributed by atoms with Crippen LogP contribution in [0, 0.1) is 0 Å². The van der Waals surface area contributed by atoms with Gasteiger partial charge in [0.25, 0.3) is 0 Å². The van der Waals surface area contributed by atoms with Crippen LogP contribution in [-0.4, -0.2) is 30.3 Å². The smallest absolute Gasteiger partial charge is 0.416 e. The molecule has 23 heavy (non-hydrogen) atoms. The molecule has 0 saturated heterocycles. The van der Waals surface area contributed by atoms with Gasteiger partial charge in [0, 0.05) is 5.56 Å². The zero-order valence-corrected chi connectivity index (χ0v) is 12.3. The van der Waals surface area contributed by atoms with Crippen LogP contribution in [0.4, 0.5) is 23.7 Å². The Bertz CT molecular complexity index is 682. The van der Waals surface area contributed by atoms with E-state index in [1.807, 2.05) is 0 Å². The van der Waals surface area contributed by atoms with Crippen molar-refractivity contribution in [1.82, 2.24) is 0 Å². The van der Waals surface area contributed by atoms with Gasteiger partial charge in [0.2, 0.25) is 0 Å². The van der Waals surface area contributed by atoms with Crippen LogP contribution in [-0.2, 0) is 15.7 Å². The van der Waals surface area contributed by atoms with Gasteiger partial charge in [-0.1, -0.05) is 6.92 Å². The second kappa shape index (κ2) is 5.94. The molecule has 0 aliphatic carbocycles. The normalized spacial score (nSPS) is 17.3. The van der Waals surface area contributed by atoms with Gasteiger partial charge in [-0.25, -0.2) is 9.59 Å². The molecule has 1 aliphatic heterocycles. The van der Waals surface area contributed by atoms with Crippen molar-refractivity contribution in [2.75, 3.05) is 12.0 Å². The van der Waals surface area contributed by atoms with Crippen molar-refractivity contribution < 1.29 is 32.6 Å². The number of esters is 1. The van der Waals surface area contributed by atoms with Gasteiger partial charge in [-0.2, -0.15) is 13.2 Å². The molecule has 124 valence electrons. The number of rotatable bonds is 2. The van der Waals surface area contributed by atoms with E-state index in [0.717, 1.165) is 30.2 Å². The van der Waals surface area contributed by atoms with Crippen molar-refractivity contribution in [3.63, 3.8) is 0 Å². The molecule has 1 N–H and O–H groups in total. The first-order valence-corrected chi connectivity index (χ1v) is 6.74. The van der Waals surface area contributed by atoms with Gasteiger partial charge in [-0.15, -0.1) is 0 Å². The molecule has 1 aromatic carbocycles. The van der Waals surface area contributed by atoms with Crippen LogP contribution in [0.15, 0.2) is 24.3 Å². The summed E-state index contributed by atoms with van der Waals surface area (Å²) in [6, 6.07) is 1.96. The summed E-state index contributed by atoms with van der Waals surface area (Å²) >= 11 is 0. The van der Waals surface area contributed by atoms with Crippen molar-refractivity contribution in [2.24, 2.45) is 0 Å². The minimum Gasteiger partial charge on any atom is -0.465 e. The number of benzene rings is 1. The number of carbonyl (C=O) groups excluding carboxylic acids is 1. The Morgan fingerprint density at radius 2 is 2.00 bits per heavy atom. The lowest BCUT2D eigenvalue weighted by atomic mass is 9.92. The summed E-state index contributed by atoms with van der Waals surface area (Å²) in [6.07, 6.45) is -4.24. The molecule has 0 fully saturated rings. The summed E-state index contributed by atoms with van der Waals surface area (Å²) in [5, 5.41) is 9.36. The van der Waals surface area contributed by atoms with Crippen molar-refractivity contribution in [3.05, 3.63) is 35.4 Å². The van der Waals surface area contributed by atoms with E-state index in [2.05, 4.69) is 4.74 Å². The van der Waals surface area contributed by atoms with Crippen LogP contribution in [0.1, 0.15) is 24.5 Å². The second-order valence-corrected chi connectivity index (χ2v) is 4.93. The number of halogens is 3. The summed E-state index contributed by atoms with van der Waals surface area (Å²) in [4.78, 5) is 24.3. The maximum atomic E-state index is 12.9. The molecule has 0 spiro atoms. The predicted octanol–water partition coefficient (Wildman–Crippen LogP) is 3.54. The molecule has 1 aromatic rings. The lowest BCUT2D eigenvalue weighted by Crippen LogP contribution is -2.41. The summed E-state index contributed by atoms with van der Waals surface area (Å²) < 4.78 is 43.3. The lowest BCUT2D eigenvalue weighted by Gasteiger charge is -2.33. The van der Waals surface area contributed by atoms with Crippen molar-refractivity contribution >= 4 is 23.3 Å². The summed E-state index contributed by atoms with van der Waals surface area (Å²) in [5.41, 5.74) is -1.12. The first-order valence-electron chi connectivity index (χ1n) is 6.74. The molecule has 1 aliphatic rings. The quantitative estimate of drug-likeness (QED) is 0.843. The number of anilines is 1. The highest BCUT2D eigenvalue weighted by molar-refractivity contribution is 6.20. The SMILES string of the molecule is CC[C@@H]1C=C(C(=O)OC)c2cc(C(F)(F)F)ccc2N1C(=O)O. The van der Waals surface area contributed by atoms with E-state index in [1.54, 1.807) is 6.92 Å². The average molecular weight is 329 g/mol. The number of fused-ring (bicyclic) bond motifs is 1. The van der Waals surface area contributed by atoms with Gasteiger partial charge in [0.15, 0.2) is 0 Å². The minimum atomic E-state index is -4.61. The highest BCUT2D eigenvalue weighted by atomic mass is 19.4. The average Bonchev–Trinajstić information content (AvgIpc) is 2.50. The third kappa shape index (κ3) is 3.01. The van der Waals surface area contributed by atoms with E-state index in [0.29, 0.717) is 6.42 Å². The minimum absolute atomic E-state index is 0.0280. The fourth-order valence-electron chi connectivity index (χ4n) is 2.51. The summed E-state index contributed by atoms with van der Waals surface area (Å²) in [6.45, 7) is 1.71. The molecule has 0 unspecified atom stereocenters. The van der Waals surface area contributed by atoms with Crippen molar-refractivity contribution in [2.45, 2.75) is 25.6 Å². The third-order valence-corrected chi connectivity index (χ3v) is 3.59. The lowest BCUT2D eigenvalue weighted by molar-refractivity contribution is -0.138. The molecule has 2 rings (SSSR count). The first kappa shape index (κ1) is 16.9. The van der Waals surface area contributed by atoms with Crippen LogP contribution in [0.25, 0.3) is 5.57 Å². The number of carboxylic acid groups (broad SMARTS) is 1. The molecule has 8 heteroatoms. The summed E-state index contributed by atoms with van der Waals surface area (Å²) in [5.74, 6) is -0.811. The molecular weight excluding hydrogens is 315 g/mol. The van der Waals surface area contributed by atoms with Gasteiger partial charge in [0.05, 0.1) is 30.0 Å². The Labute approximate surface area is 130 Å². The fraction of sp³-hybridized carbons (Fsp3) is 0.333. The highest BCUT2D eigenvalue weighted by Gasteiger charge is 2.36. The van der Waals surface area contributed by atoms with Crippen molar-refractivity contribution in [1.29, 1.82) is 0 Å². The number of hydrogen-bond acceptors (Lipinski definition) is 3. The van der Waals surface area contributed by atoms with Crippen LogP contribution in [0.2, 0.25) is 0 Å². The molecule has 0 bridgehead atoms. The van der Waals surface area contributed by atoms with Crippen molar-refractivity contribution in [3.8, 4) is 0 Å². The van der Waals surface area contributed by atoms with E-state index in [1.165, 1.54) is 6.08 Å². The molecule has 0 radical (unpaired) electrons. The van der Waals surface area contributed by atoms with Crippen LogP contribution < -0.4 is 4.90 Å². The molecule has 1 amide bonds. The van der Waals surface area contributed by atoms with E-state index in [4.69, 9.17) is 0 Å². The number of carbonyl (C=O) groups is 2. The Balaban J connectivity index is 2.70. The maximum absolute atomic E-state index is 12.9. The Kier molecular flexibility index (Phi) is 4.35.